The molecular weight excluding hydrogens is 262 g/mol. The number of halogens is 1. The maximum absolute atomic E-state index is 12.1. The van der Waals surface area contributed by atoms with E-state index in [1.807, 2.05) is 0 Å². The first-order valence-corrected chi connectivity index (χ1v) is 6.42. The topological polar surface area (TPSA) is 86.7 Å². The van der Waals surface area contributed by atoms with E-state index < -0.39 is 10.8 Å². The number of tetrazole rings is 1. The molecule has 1 heterocycles. The van der Waals surface area contributed by atoms with Gasteiger partial charge in [-0.25, -0.2) is 0 Å². The van der Waals surface area contributed by atoms with E-state index in [1.54, 1.807) is 25.2 Å². The highest BCUT2D eigenvalue weighted by Crippen LogP contribution is 2.23. The summed E-state index contributed by atoms with van der Waals surface area (Å²) in [4.78, 5) is 1.80. The van der Waals surface area contributed by atoms with Gasteiger partial charge in [-0.3, -0.25) is 4.21 Å². The van der Waals surface area contributed by atoms with Crippen LogP contribution in [-0.4, -0.2) is 24.4 Å². The maximum atomic E-state index is 12.1. The van der Waals surface area contributed by atoms with E-state index >= 15 is 0 Å². The lowest BCUT2D eigenvalue weighted by Crippen LogP contribution is -2.01. The minimum Gasteiger partial charge on any atom is -0.399 e. The molecule has 0 amide bonds. The molecule has 90 valence electrons. The molecule has 2 aromatic rings. The van der Waals surface area contributed by atoms with Crippen molar-refractivity contribution in [2.45, 2.75) is 10.6 Å². The Morgan fingerprint density at radius 1 is 1.53 bits per heavy atom. The van der Waals surface area contributed by atoms with E-state index in [0.29, 0.717) is 21.4 Å². The summed E-state index contributed by atoms with van der Waals surface area (Å²) >= 11 is 5.95. The van der Waals surface area contributed by atoms with Crippen LogP contribution < -0.4 is 5.73 Å². The summed E-state index contributed by atoms with van der Waals surface area (Å²) in [5.74, 6) is 0.570. The minimum atomic E-state index is -1.33. The highest BCUT2D eigenvalue weighted by atomic mass is 35.5. The molecule has 0 radical (unpaired) electrons. The predicted molar refractivity (Wildman–Crippen MR) is 64.8 cm³/mol. The molecule has 0 spiro atoms. The molecule has 8 heteroatoms. The van der Waals surface area contributed by atoms with Crippen LogP contribution in [0.15, 0.2) is 23.1 Å². The van der Waals surface area contributed by atoms with Crippen LogP contribution in [0.5, 0.6) is 0 Å². The molecule has 0 aliphatic heterocycles. The predicted octanol–water partition coefficient (Wildman–Crippen LogP) is 0.753. The van der Waals surface area contributed by atoms with Crippen molar-refractivity contribution in [3.63, 3.8) is 0 Å². The summed E-state index contributed by atoms with van der Waals surface area (Å²) in [5, 5.41) is 11.8. The van der Waals surface area contributed by atoms with Gasteiger partial charge in [0.05, 0.1) is 33.5 Å². The summed E-state index contributed by atoms with van der Waals surface area (Å²) in [6.07, 6.45) is 0. The molecule has 1 atom stereocenters. The molecule has 1 unspecified atom stereocenters. The highest BCUT2D eigenvalue weighted by molar-refractivity contribution is 7.84. The fourth-order valence-electron chi connectivity index (χ4n) is 1.27. The van der Waals surface area contributed by atoms with Crippen molar-refractivity contribution in [3.05, 3.63) is 29.0 Å². The Kier molecular flexibility index (Phi) is 3.39. The highest BCUT2D eigenvalue weighted by Gasteiger charge is 2.12. The Morgan fingerprint density at radius 3 is 2.94 bits per heavy atom. The zero-order chi connectivity index (χ0) is 12.4. The normalized spacial score (nSPS) is 12.6. The van der Waals surface area contributed by atoms with E-state index in [1.165, 1.54) is 4.80 Å². The van der Waals surface area contributed by atoms with Crippen LogP contribution in [0.3, 0.4) is 0 Å². The lowest BCUT2D eigenvalue weighted by molar-refractivity contribution is 0.628. The van der Waals surface area contributed by atoms with E-state index in [-0.39, 0.29) is 5.75 Å². The molecule has 1 aromatic heterocycles. The number of anilines is 1. The van der Waals surface area contributed by atoms with E-state index in [9.17, 15) is 4.21 Å². The summed E-state index contributed by atoms with van der Waals surface area (Å²) in [7, 11) is 0.313. The number of nitrogens with two attached hydrogens (primary N) is 1. The van der Waals surface area contributed by atoms with Crippen molar-refractivity contribution in [2.75, 3.05) is 5.73 Å². The molecule has 1 aromatic carbocycles. The number of hydrogen-bond acceptors (Lipinski definition) is 5. The third kappa shape index (κ3) is 2.80. The smallest absolute Gasteiger partial charge is 0.187 e. The summed E-state index contributed by atoms with van der Waals surface area (Å²) in [6.45, 7) is 0. The molecule has 0 aliphatic carbocycles. The Hall–Kier alpha value is -1.47. The monoisotopic (exact) mass is 271 g/mol. The van der Waals surface area contributed by atoms with E-state index in [2.05, 4.69) is 15.4 Å². The van der Waals surface area contributed by atoms with Gasteiger partial charge in [0.15, 0.2) is 5.82 Å². The molecule has 0 saturated heterocycles. The van der Waals surface area contributed by atoms with Gasteiger partial charge in [0.2, 0.25) is 0 Å². The standard InChI is InChI=1S/C9H10ClN5OS/c1-15-13-9(12-14-15)5-17(16)8-4-6(11)2-3-7(8)10/h2-4H,5,11H2,1H3. The number of aromatic nitrogens is 4. The lowest BCUT2D eigenvalue weighted by atomic mass is 10.3. The zero-order valence-electron chi connectivity index (χ0n) is 9.00. The van der Waals surface area contributed by atoms with Crippen LogP contribution in [0, 0.1) is 0 Å². The quantitative estimate of drug-likeness (QED) is 0.833. The van der Waals surface area contributed by atoms with Crippen molar-refractivity contribution >= 4 is 28.1 Å². The second-order valence-corrected chi connectivity index (χ2v) is 5.20. The van der Waals surface area contributed by atoms with Gasteiger partial charge in [-0.2, -0.15) is 4.80 Å². The van der Waals surface area contributed by atoms with Crippen molar-refractivity contribution < 1.29 is 4.21 Å². The van der Waals surface area contributed by atoms with Crippen LogP contribution in [0.25, 0.3) is 0 Å². The van der Waals surface area contributed by atoms with Gasteiger partial charge in [-0.1, -0.05) is 11.6 Å². The maximum Gasteiger partial charge on any atom is 0.187 e. The number of benzene rings is 1. The Bertz CT molecular complexity index is 570. The van der Waals surface area contributed by atoms with Gasteiger partial charge in [-0.15, -0.1) is 10.2 Å². The third-order valence-electron chi connectivity index (χ3n) is 2.01. The largest absolute Gasteiger partial charge is 0.399 e. The molecule has 2 N–H and O–H groups in total. The van der Waals surface area contributed by atoms with E-state index in [4.69, 9.17) is 17.3 Å². The molecule has 0 saturated carbocycles. The fraction of sp³-hybridized carbons (Fsp3) is 0.222. The van der Waals surface area contributed by atoms with Crippen molar-refractivity contribution in [1.29, 1.82) is 0 Å². The average Bonchev–Trinajstić information content (AvgIpc) is 2.67. The van der Waals surface area contributed by atoms with Crippen molar-refractivity contribution in [1.82, 2.24) is 20.2 Å². The second kappa shape index (κ2) is 4.80. The molecule has 17 heavy (non-hydrogen) atoms. The molecule has 0 bridgehead atoms. The Labute approximate surface area is 105 Å². The molecular formula is C9H10ClN5OS. The van der Waals surface area contributed by atoms with Gasteiger partial charge in [-0.05, 0) is 23.4 Å². The first-order chi connectivity index (χ1) is 8.06. The van der Waals surface area contributed by atoms with Crippen molar-refractivity contribution in [3.8, 4) is 0 Å². The molecule has 6 nitrogen and oxygen atoms in total. The van der Waals surface area contributed by atoms with E-state index in [0.717, 1.165) is 0 Å². The van der Waals surface area contributed by atoms with Crippen LogP contribution in [0.2, 0.25) is 5.02 Å². The third-order valence-corrected chi connectivity index (χ3v) is 3.80. The number of nitrogen functional groups attached to an aromatic ring is 1. The fourth-order valence-corrected chi connectivity index (χ4v) is 2.70. The van der Waals surface area contributed by atoms with Crippen LogP contribution in [-0.2, 0) is 23.6 Å². The van der Waals surface area contributed by atoms with Crippen LogP contribution in [0.1, 0.15) is 5.82 Å². The minimum absolute atomic E-state index is 0.164. The molecule has 0 fully saturated rings. The average molecular weight is 272 g/mol. The van der Waals surface area contributed by atoms with Gasteiger partial charge in [0.1, 0.15) is 0 Å². The molecule has 2 rings (SSSR count). The summed E-state index contributed by atoms with van der Waals surface area (Å²) < 4.78 is 12.1. The van der Waals surface area contributed by atoms with Crippen molar-refractivity contribution in [2.24, 2.45) is 7.05 Å². The number of rotatable bonds is 3. The van der Waals surface area contributed by atoms with Gasteiger partial charge < -0.3 is 5.73 Å². The van der Waals surface area contributed by atoms with Gasteiger partial charge in [0.25, 0.3) is 0 Å². The van der Waals surface area contributed by atoms with Gasteiger partial charge >= 0.3 is 0 Å². The number of aryl methyl sites for hydroxylation is 1. The first-order valence-electron chi connectivity index (χ1n) is 4.72. The number of nitrogens with zero attached hydrogens (tertiary/aromatic N) is 4. The lowest BCUT2D eigenvalue weighted by Gasteiger charge is -2.03. The second-order valence-electron chi connectivity index (χ2n) is 3.37. The van der Waals surface area contributed by atoms with Crippen LogP contribution >= 0.6 is 11.6 Å². The zero-order valence-corrected chi connectivity index (χ0v) is 10.6. The van der Waals surface area contributed by atoms with Gasteiger partial charge in [0, 0.05) is 5.69 Å². The summed E-state index contributed by atoms with van der Waals surface area (Å²) in [5.41, 5.74) is 6.14. The number of hydrogen-bond donors (Lipinski definition) is 1. The Morgan fingerprint density at radius 2 is 2.29 bits per heavy atom. The summed E-state index contributed by atoms with van der Waals surface area (Å²) in [6, 6.07) is 4.87. The SMILES string of the molecule is Cn1nnc(CS(=O)c2cc(N)ccc2Cl)n1. The van der Waals surface area contributed by atoms with Crippen LogP contribution in [0.4, 0.5) is 5.69 Å². The Balaban J connectivity index is 2.22. The molecule has 0 aliphatic rings. The first kappa shape index (κ1) is 12.0.